The molecule has 0 radical (unpaired) electrons. The minimum Gasteiger partial charge on any atom is -0.487 e. The smallest absolute Gasteiger partial charge is 0.145 e. The molecular weight excluding hydrogens is 221 g/mol. The highest BCUT2D eigenvalue weighted by molar-refractivity contribution is 5.52. The number of halogens is 1. The van der Waals surface area contributed by atoms with Crippen LogP contribution in [0.3, 0.4) is 0 Å². The van der Waals surface area contributed by atoms with Crippen LogP contribution in [0.1, 0.15) is 12.5 Å². The van der Waals surface area contributed by atoms with Gasteiger partial charge < -0.3 is 10.5 Å². The average molecular weight is 235 g/mol. The number of aromatic nitrogens is 2. The van der Waals surface area contributed by atoms with E-state index in [1.165, 1.54) is 18.2 Å². The Morgan fingerprint density at radius 2 is 2.29 bits per heavy atom. The third-order valence-electron chi connectivity index (χ3n) is 2.38. The zero-order valence-corrected chi connectivity index (χ0v) is 9.56. The molecule has 1 aromatic heterocycles. The van der Waals surface area contributed by atoms with Gasteiger partial charge in [0.2, 0.25) is 0 Å². The van der Waals surface area contributed by atoms with E-state index in [4.69, 9.17) is 10.5 Å². The normalized spacial score (nSPS) is 10.5. The molecule has 2 aromatic rings. The van der Waals surface area contributed by atoms with Gasteiger partial charge in [-0.25, -0.2) is 4.39 Å². The molecule has 2 N–H and O–H groups in total. The minimum atomic E-state index is -0.363. The number of benzene rings is 1. The van der Waals surface area contributed by atoms with Gasteiger partial charge in [-0.15, -0.1) is 0 Å². The first-order valence-corrected chi connectivity index (χ1v) is 5.38. The Labute approximate surface area is 98.8 Å². The van der Waals surface area contributed by atoms with Gasteiger partial charge in [0, 0.05) is 24.4 Å². The van der Waals surface area contributed by atoms with Crippen LogP contribution in [0.2, 0.25) is 0 Å². The van der Waals surface area contributed by atoms with Gasteiger partial charge in [0.1, 0.15) is 18.2 Å². The number of anilines is 1. The quantitative estimate of drug-likeness (QED) is 0.826. The molecule has 0 atom stereocenters. The first-order chi connectivity index (χ1) is 8.19. The molecular formula is C12H14FN3O. The van der Waals surface area contributed by atoms with Crippen LogP contribution in [0, 0.1) is 5.82 Å². The number of hydrogen-bond donors (Lipinski definition) is 1. The van der Waals surface area contributed by atoms with E-state index in [-0.39, 0.29) is 5.82 Å². The van der Waals surface area contributed by atoms with E-state index >= 15 is 0 Å². The maximum Gasteiger partial charge on any atom is 0.145 e. The lowest BCUT2D eigenvalue weighted by molar-refractivity contribution is 0.306. The summed E-state index contributed by atoms with van der Waals surface area (Å²) in [4.78, 5) is 0. The zero-order chi connectivity index (χ0) is 12.3. The molecule has 17 heavy (non-hydrogen) atoms. The molecule has 4 nitrogen and oxygen atoms in total. The second-order valence-corrected chi connectivity index (χ2v) is 3.68. The second-order valence-electron chi connectivity index (χ2n) is 3.68. The van der Waals surface area contributed by atoms with Crippen molar-refractivity contribution in [1.82, 2.24) is 9.78 Å². The number of ether oxygens (including phenoxy) is 1. The fraction of sp³-hybridized carbons (Fsp3) is 0.250. The molecule has 90 valence electrons. The fourth-order valence-corrected chi connectivity index (χ4v) is 1.45. The Morgan fingerprint density at radius 3 is 3.00 bits per heavy atom. The number of hydrogen-bond acceptors (Lipinski definition) is 3. The van der Waals surface area contributed by atoms with E-state index in [1.807, 2.05) is 13.1 Å². The van der Waals surface area contributed by atoms with E-state index in [0.717, 1.165) is 12.1 Å². The van der Waals surface area contributed by atoms with Crippen LogP contribution < -0.4 is 10.5 Å². The Bertz CT molecular complexity index is 510. The van der Waals surface area contributed by atoms with Crippen molar-refractivity contribution < 1.29 is 9.13 Å². The molecule has 0 aliphatic rings. The van der Waals surface area contributed by atoms with Gasteiger partial charge >= 0.3 is 0 Å². The Balaban J connectivity index is 2.04. The van der Waals surface area contributed by atoms with Crippen molar-refractivity contribution in [3.8, 4) is 5.75 Å². The fourth-order valence-electron chi connectivity index (χ4n) is 1.45. The monoisotopic (exact) mass is 235 g/mol. The van der Waals surface area contributed by atoms with Gasteiger partial charge in [0.15, 0.2) is 0 Å². The molecule has 0 fully saturated rings. The van der Waals surface area contributed by atoms with E-state index in [0.29, 0.717) is 18.0 Å². The van der Waals surface area contributed by atoms with Crippen molar-refractivity contribution in [3.63, 3.8) is 0 Å². The summed E-state index contributed by atoms with van der Waals surface area (Å²) in [5.74, 6) is -0.00676. The number of nitrogens with two attached hydrogens (primary N) is 1. The molecule has 0 aliphatic carbocycles. The van der Waals surface area contributed by atoms with Crippen molar-refractivity contribution in [3.05, 3.63) is 42.0 Å². The minimum absolute atomic E-state index is 0.327. The van der Waals surface area contributed by atoms with Gasteiger partial charge in [-0.2, -0.15) is 5.10 Å². The molecule has 0 bridgehead atoms. The lowest BCUT2D eigenvalue weighted by Crippen LogP contribution is -1.98. The highest BCUT2D eigenvalue weighted by Crippen LogP contribution is 2.22. The summed E-state index contributed by atoms with van der Waals surface area (Å²) in [7, 11) is 0. The first kappa shape index (κ1) is 11.4. The van der Waals surface area contributed by atoms with Crippen molar-refractivity contribution in [2.75, 3.05) is 5.73 Å². The summed E-state index contributed by atoms with van der Waals surface area (Å²) in [6, 6.07) is 4.07. The predicted molar refractivity (Wildman–Crippen MR) is 63.0 cm³/mol. The molecule has 1 aromatic carbocycles. The molecule has 2 rings (SSSR count). The van der Waals surface area contributed by atoms with Gasteiger partial charge in [0.05, 0.1) is 11.9 Å². The van der Waals surface area contributed by atoms with Crippen molar-refractivity contribution >= 4 is 5.69 Å². The summed E-state index contributed by atoms with van der Waals surface area (Å²) in [6.45, 7) is 3.14. The van der Waals surface area contributed by atoms with Crippen LogP contribution in [0.25, 0.3) is 0 Å². The van der Waals surface area contributed by atoms with E-state index < -0.39 is 0 Å². The van der Waals surface area contributed by atoms with Crippen molar-refractivity contribution in [2.24, 2.45) is 0 Å². The van der Waals surface area contributed by atoms with Crippen LogP contribution >= 0.6 is 0 Å². The molecule has 1 heterocycles. The predicted octanol–water partition coefficient (Wildman–Crippen LogP) is 2.20. The van der Waals surface area contributed by atoms with Gasteiger partial charge in [-0.1, -0.05) is 0 Å². The molecule has 0 unspecified atom stereocenters. The summed E-state index contributed by atoms with van der Waals surface area (Å²) in [5, 5.41) is 4.12. The van der Waals surface area contributed by atoms with Crippen LogP contribution in [-0.4, -0.2) is 9.78 Å². The number of aryl methyl sites for hydroxylation is 1. The highest BCUT2D eigenvalue weighted by atomic mass is 19.1. The largest absolute Gasteiger partial charge is 0.487 e. The van der Waals surface area contributed by atoms with E-state index in [9.17, 15) is 4.39 Å². The first-order valence-electron chi connectivity index (χ1n) is 5.38. The highest BCUT2D eigenvalue weighted by Gasteiger charge is 2.04. The summed E-state index contributed by atoms with van der Waals surface area (Å²) >= 11 is 0. The van der Waals surface area contributed by atoms with Gasteiger partial charge in [-0.05, 0) is 19.1 Å². The molecule has 0 spiro atoms. The molecule has 0 saturated heterocycles. The van der Waals surface area contributed by atoms with Crippen LogP contribution in [0.4, 0.5) is 10.1 Å². The molecule has 0 saturated carbocycles. The summed E-state index contributed by atoms with van der Waals surface area (Å²) in [6.07, 6.45) is 3.61. The zero-order valence-electron chi connectivity index (χ0n) is 9.56. The van der Waals surface area contributed by atoms with Crippen molar-refractivity contribution in [2.45, 2.75) is 20.1 Å². The second kappa shape index (κ2) is 4.86. The van der Waals surface area contributed by atoms with Crippen LogP contribution in [-0.2, 0) is 13.2 Å². The number of nitrogens with zero attached hydrogens (tertiary/aromatic N) is 2. The standard InChI is InChI=1S/C12H14FN3O/c1-2-16-7-9(6-15-16)8-17-12-5-10(13)3-4-11(12)14/h3-7H,2,8,14H2,1H3. The third kappa shape index (κ3) is 2.75. The van der Waals surface area contributed by atoms with Crippen LogP contribution in [0.5, 0.6) is 5.75 Å². The maximum atomic E-state index is 13.0. The maximum absolute atomic E-state index is 13.0. The Morgan fingerprint density at radius 1 is 1.47 bits per heavy atom. The lowest BCUT2D eigenvalue weighted by atomic mass is 10.3. The third-order valence-corrected chi connectivity index (χ3v) is 2.38. The number of rotatable bonds is 4. The Kier molecular flexibility index (Phi) is 3.27. The average Bonchev–Trinajstić information content (AvgIpc) is 2.78. The van der Waals surface area contributed by atoms with E-state index in [2.05, 4.69) is 5.10 Å². The van der Waals surface area contributed by atoms with Gasteiger partial charge in [-0.3, -0.25) is 4.68 Å². The summed E-state index contributed by atoms with van der Waals surface area (Å²) in [5.41, 5.74) is 7.02. The molecule has 0 aliphatic heterocycles. The van der Waals surface area contributed by atoms with E-state index in [1.54, 1.807) is 10.9 Å². The number of nitrogen functional groups attached to an aromatic ring is 1. The Hall–Kier alpha value is -2.04. The van der Waals surface area contributed by atoms with Crippen molar-refractivity contribution in [1.29, 1.82) is 0 Å². The van der Waals surface area contributed by atoms with Crippen LogP contribution in [0.15, 0.2) is 30.6 Å². The topological polar surface area (TPSA) is 53.1 Å². The SMILES string of the molecule is CCn1cc(COc2cc(F)ccc2N)cn1. The van der Waals surface area contributed by atoms with Gasteiger partial charge in [0.25, 0.3) is 0 Å². The molecule has 5 heteroatoms. The molecule has 0 amide bonds. The summed E-state index contributed by atoms with van der Waals surface area (Å²) < 4.78 is 20.2. The lowest BCUT2D eigenvalue weighted by Gasteiger charge is -2.07.